The minimum Gasteiger partial charge on any atom is -0.495 e. The third kappa shape index (κ3) is 3.29. The van der Waals surface area contributed by atoms with E-state index in [-0.39, 0.29) is 0 Å². The van der Waals surface area contributed by atoms with Gasteiger partial charge in [-0.15, -0.1) is 0 Å². The maximum atomic E-state index is 5.41. The molecule has 0 bridgehead atoms. The lowest BCUT2D eigenvalue weighted by Crippen LogP contribution is -1.99. The summed E-state index contributed by atoms with van der Waals surface area (Å²) in [5.74, 6) is 0.844. The minimum absolute atomic E-state index is 0.844. The summed E-state index contributed by atoms with van der Waals surface area (Å²) in [5.41, 5.74) is 4.65. The van der Waals surface area contributed by atoms with Crippen molar-refractivity contribution in [1.29, 1.82) is 0 Å². The molecule has 0 heterocycles. The predicted molar refractivity (Wildman–Crippen MR) is 92.0 cm³/mol. The summed E-state index contributed by atoms with van der Waals surface area (Å²) in [5, 5.41) is 3.49. The third-order valence-corrected chi connectivity index (χ3v) is 3.63. The number of methoxy groups -OCH3 is 1. The van der Waals surface area contributed by atoms with Crippen LogP contribution in [-0.4, -0.2) is 7.11 Å². The highest BCUT2D eigenvalue weighted by molar-refractivity contribution is 5.68. The second-order valence-corrected chi connectivity index (χ2v) is 5.14. The molecule has 0 radical (unpaired) electrons. The van der Waals surface area contributed by atoms with Gasteiger partial charge in [0.2, 0.25) is 0 Å². The van der Waals surface area contributed by atoms with Crippen molar-refractivity contribution >= 4 is 11.4 Å². The fraction of sp³-hybridized carbons (Fsp3) is 0.100. The topological polar surface area (TPSA) is 21.3 Å². The first-order chi connectivity index (χ1) is 10.9. The van der Waals surface area contributed by atoms with Crippen LogP contribution in [0.1, 0.15) is 11.1 Å². The summed E-state index contributed by atoms with van der Waals surface area (Å²) in [6.45, 7) is 0. The fourth-order valence-electron chi connectivity index (χ4n) is 2.51. The Morgan fingerprint density at radius 1 is 0.727 bits per heavy atom. The van der Waals surface area contributed by atoms with E-state index in [2.05, 4.69) is 47.8 Å². The van der Waals surface area contributed by atoms with Crippen LogP contribution in [-0.2, 0) is 6.42 Å². The van der Waals surface area contributed by atoms with Gasteiger partial charge in [0.05, 0.1) is 12.8 Å². The Bertz CT molecular complexity index is 737. The molecule has 22 heavy (non-hydrogen) atoms. The fourth-order valence-corrected chi connectivity index (χ4v) is 2.51. The van der Waals surface area contributed by atoms with Crippen LogP contribution in [0.25, 0.3) is 0 Å². The van der Waals surface area contributed by atoms with Crippen molar-refractivity contribution in [3.8, 4) is 5.75 Å². The van der Waals surface area contributed by atoms with Crippen LogP contribution in [0.5, 0.6) is 5.75 Å². The Kier molecular flexibility index (Phi) is 4.40. The molecule has 0 aliphatic rings. The van der Waals surface area contributed by atoms with Crippen molar-refractivity contribution in [3.05, 3.63) is 90.0 Å². The number of hydrogen-bond acceptors (Lipinski definition) is 2. The standard InChI is InChI=1S/C20H19NO/c1-22-20-14-8-7-13-19(20)21-18-12-6-5-11-17(18)15-16-9-3-2-4-10-16/h2-14,21H,15H2,1H3. The summed E-state index contributed by atoms with van der Waals surface area (Å²) in [7, 11) is 1.69. The first-order valence-electron chi connectivity index (χ1n) is 7.38. The minimum atomic E-state index is 0.844. The maximum absolute atomic E-state index is 5.41. The highest BCUT2D eigenvalue weighted by Gasteiger charge is 2.06. The normalized spacial score (nSPS) is 10.2. The van der Waals surface area contributed by atoms with Gasteiger partial charge in [-0.05, 0) is 35.7 Å². The van der Waals surface area contributed by atoms with Crippen LogP contribution in [0.2, 0.25) is 0 Å². The molecule has 3 rings (SSSR count). The quantitative estimate of drug-likeness (QED) is 0.711. The van der Waals surface area contributed by atoms with Crippen LogP contribution >= 0.6 is 0 Å². The van der Waals surface area contributed by atoms with Gasteiger partial charge in [-0.25, -0.2) is 0 Å². The molecule has 0 amide bonds. The summed E-state index contributed by atoms with van der Waals surface area (Å²) in [4.78, 5) is 0. The van der Waals surface area contributed by atoms with E-state index in [4.69, 9.17) is 4.74 Å². The van der Waals surface area contributed by atoms with E-state index < -0.39 is 0 Å². The molecule has 0 fully saturated rings. The van der Waals surface area contributed by atoms with E-state index in [1.54, 1.807) is 7.11 Å². The van der Waals surface area contributed by atoms with Gasteiger partial charge in [0.25, 0.3) is 0 Å². The van der Waals surface area contributed by atoms with E-state index in [1.807, 2.05) is 36.4 Å². The van der Waals surface area contributed by atoms with E-state index in [0.29, 0.717) is 0 Å². The van der Waals surface area contributed by atoms with Crippen LogP contribution in [0, 0.1) is 0 Å². The lowest BCUT2D eigenvalue weighted by atomic mass is 10.0. The Morgan fingerprint density at radius 3 is 2.14 bits per heavy atom. The Morgan fingerprint density at radius 2 is 1.36 bits per heavy atom. The third-order valence-electron chi connectivity index (χ3n) is 3.63. The van der Waals surface area contributed by atoms with Gasteiger partial charge in [-0.3, -0.25) is 0 Å². The van der Waals surface area contributed by atoms with Gasteiger partial charge in [0, 0.05) is 5.69 Å². The SMILES string of the molecule is COc1ccccc1Nc1ccccc1Cc1ccccc1. The molecule has 110 valence electrons. The summed E-state index contributed by atoms with van der Waals surface area (Å²) < 4.78 is 5.41. The molecule has 3 aromatic carbocycles. The van der Waals surface area contributed by atoms with Gasteiger partial charge in [0.1, 0.15) is 5.75 Å². The molecular formula is C20H19NO. The molecule has 0 aliphatic heterocycles. The molecule has 0 saturated heterocycles. The van der Waals surface area contributed by atoms with Gasteiger partial charge in [-0.1, -0.05) is 60.7 Å². The zero-order chi connectivity index (χ0) is 15.2. The first-order valence-corrected chi connectivity index (χ1v) is 7.38. The van der Waals surface area contributed by atoms with E-state index in [9.17, 15) is 0 Å². The summed E-state index contributed by atoms with van der Waals surface area (Å²) >= 11 is 0. The molecule has 2 heteroatoms. The Balaban J connectivity index is 1.88. The number of para-hydroxylation sites is 3. The summed E-state index contributed by atoms with van der Waals surface area (Å²) in [6, 6.07) is 26.8. The molecular weight excluding hydrogens is 270 g/mol. The van der Waals surface area contributed by atoms with Gasteiger partial charge < -0.3 is 10.1 Å². The van der Waals surface area contributed by atoms with E-state index in [0.717, 1.165) is 23.5 Å². The van der Waals surface area contributed by atoms with Crippen LogP contribution < -0.4 is 10.1 Å². The molecule has 0 spiro atoms. The average Bonchev–Trinajstić information content (AvgIpc) is 2.58. The number of benzene rings is 3. The highest BCUT2D eigenvalue weighted by Crippen LogP contribution is 2.29. The molecule has 2 nitrogen and oxygen atoms in total. The summed E-state index contributed by atoms with van der Waals surface area (Å²) in [6.07, 6.45) is 0.902. The Labute approximate surface area is 131 Å². The van der Waals surface area contributed by atoms with Crippen molar-refractivity contribution in [2.24, 2.45) is 0 Å². The maximum Gasteiger partial charge on any atom is 0.142 e. The second kappa shape index (κ2) is 6.81. The monoisotopic (exact) mass is 289 g/mol. The highest BCUT2D eigenvalue weighted by atomic mass is 16.5. The molecule has 0 saturated carbocycles. The largest absolute Gasteiger partial charge is 0.495 e. The van der Waals surface area contributed by atoms with Gasteiger partial charge in [-0.2, -0.15) is 0 Å². The molecule has 3 aromatic rings. The predicted octanol–water partition coefficient (Wildman–Crippen LogP) is 5.03. The second-order valence-electron chi connectivity index (χ2n) is 5.14. The van der Waals surface area contributed by atoms with Crippen molar-refractivity contribution in [1.82, 2.24) is 0 Å². The number of hydrogen-bond donors (Lipinski definition) is 1. The number of rotatable bonds is 5. The first kappa shape index (κ1) is 14.2. The van der Waals surface area contributed by atoms with Crippen molar-refractivity contribution in [3.63, 3.8) is 0 Å². The zero-order valence-electron chi connectivity index (χ0n) is 12.6. The van der Waals surface area contributed by atoms with Crippen molar-refractivity contribution in [2.45, 2.75) is 6.42 Å². The number of ether oxygens (including phenoxy) is 1. The number of nitrogens with one attached hydrogen (secondary N) is 1. The van der Waals surface area contributed by atoms with Gasteiger partial charge >= 0.3 is 0 Å². The number of anilines is 2. The molecule has 0 unspecified atom stereocenters. The van der Waals surface area contributed by atoms with Crippen molar-refractivity contribution < 1.29 is 4.74 Å². The lowest BCUT2D eigenvalue weighted by molar-refractivity contribution is 0.417. The van der Waals surface area contributed by atoms with E-state index >= 15 is 0 Å². The van der Waals surface area contributed by atoms with Crippen LogP contribution in [0.15, 0.2) is 78.9 Å². The average molecular weight is 289 g/mol. The van der Waals surface area contributed by atoms with Crippen molar-refractivity contribution in [2.75, 3.05) is 12.4 Å². The molecule has 0 atom stereocenters. The molecule has 0 aromatic heterocycles. The van der Waals surface area contributed by atoms with Crippen LogP contribution in [0.4, 0.5) is 11.4 Å². The smallest absolute Gasteiger partial charge is 0.142 e. The van der Waals surface area contributed by atoms with Gasteiger partial charge in [0.15, 0.2) is 0 Å². The lowest BCUT2D eigenvalue weighted by Gasteiger charge is -2.14. The Hall–Kier alpha value is -2.74. The van der Waals surface area contributed by atoms with Crippen LogP contribution in [0.3, 0.4) is 0 Å². The van der Waals surface area contributed by atoms with E-state index in [1.165, 1.54) is 11.1 Å². The molecule has 0 aliphatic carbocycles. The molecule has 1 N–H and O–H groups in total. The zero-order valence-corrected chi connectivity index (χ0v) is 12.6.